The SMILES string of the molecule is Cc1cncc(F)c1C(=O)c1c[nH]c(C=O)c1/C=C\N(C)Cc1nc2ncc(C(F)(F)F)cc2[nH]1. The van der Waals surface area contributed by atoms with Crippen LogP contribution in [0.4, 0.5) is 17.6 Å². The van der Waals surface area contributed by atoms with Crippen molar-refractivity contribution in [2.75, 3.05) is 7.05 Å². The number of carbonyl (C=O) groups excluding carboxylic acids is 2. The van der Waals surface area contributed by atoms with Crippen molar-refractivity contribution in [3.05, 3.63) is 82.2 Å². The zero-order valence-electron chi connectivity index (χ0n) is 18.4. The number of aryl methyl sites for hydroxylation is 1. The lowest BCUT2D eigenvalue weighted by molar-refractivity contribution is -0.137. The lowest BCUT2D eigenvalue weighted by Gasteiger charge is -2.12. The van der Waals surface area contributed by atoms with Crippen LogP contribution >= 0.6 is 0 Å². The van der Waals surface area contributed by atoms with Crippen LogP contribution < -0.4 is 0 Å². The minimum Gasteiger partial charge on any atom is -0.373 e. The maximum absolute atomic E-state index is 14.3. The number of aromatic amines is 2. The number of fused-ring (bicyclic) bond motifs is 1. The topological polar surface area (TPSA) is 108 Å². The van der Waals surface area contributed by atoms with Crippen molar-refractivity contribution in [1.82, 2.24) is 29.8 Å². The van der Waals surface area contributed by atoms with Crippen LogP contribution in [0.1, 0.15) is 48.9 Å². The minimum atomic E-state index is -4.52. The fourth-order valence-electron chi connectivity index (χ4n) is 3.54. The number of nitrogens with one attached hydrogen (secondary N) is 2. The first-order valence-corrected chi connectivity index (χ1v) is 10.2. The number of carbonyl (C=O) groups is 2. The van der Waals surface area contributed by atoms with Crippen molar-refractivity contribution in [3.63, 3.8) is 0 Å². The highest BCUT2D eigenvalue weighted by atomic mass is 19.4. The molecule has 0 atom stereocenters. The van der Waals surface area contributed by atoms with Crippen molar-refractivity contribution in [3.8, 4) is 0 Å². The third kappa shape index (κ3) is 4.81. The number of hydrogen-bond donors (Lipinski definition) is 2. The Morgan fingerprint density at radius 1 is 1.23 bits per heavy atom. The molecule has 0 aliphatic heterocycles. The molecule has 0 unspecified atom stereocenters. The van der Waals surface area contributed by atoms with Gasteiger partial charge in [-0.1, -0.05) is 0 Å². The summed E-state index contributed by atoms with van der Waals surface area (Å²) >= 11 is 0. The molecule has 4 heterocycles. The number of nitrogens with zero attached hydrogens (tertiary/aromatic N) is 4. The third-order valence-corrected chi connectivity index (χ3v) is 5.24. The van der Waals surface area contributed by atoms with Gasteiger partial charge in [0.25, 0.3) is 0 Å². The first-order chi connectivity index (χ1) is 16.6. The van der Waals surface area contributed by atoms with Crippen molar-refractivity contribution in [2.24, 2.45) is 0 Å². The van der Waals surface area contributed by atoms with E-state index in [2.05, 4.69) is 24.9 Å². The van der Waals surface area contributed by atoms with Gasteiger partial charge in [-0.15, -0.1) is 0 Å². The van der Waals surface area contributed by atoms with Gasteiger partial charge in [0.2, 0.25) is 0 Å². The van der Waals surface area contributed by atoms with E-state index in [1.807, 2.05) is 0 Å². The minimum absolute atomic E-state index is 0.0950. The first-order valence-electron chi connectivity index (χ1n) is 10.2. The van der Waals surface area contributed by atoms with Gasteiger partial charge in [-0.2, -0.15) is 13.2 Å². The Morgan fingerprint density at radius 3 is 2.69 bits per heavy atom. The zero-order valence-corrected chi connectivity index (χ0v) is 18.4. The van der Waals surface area contributed by atoms with Gasteiger partial charge in [0, 0.05) is 36.8 Å². The summed E-state index contributed by atoms with van der Waals surface area (Å²) in [4.78, 5) is 43.3. The molecular formula is C23H18F4N6O2. The van der Waals surface area contributed by atoms with Crippen molar-refractivity contribution >= 4 is 29.3 Å². The monoisotopic (exact) mass is 486 g/mol. The lowest BCUT2D eigenvalue weighted by Crippen LogP contribution is -2.11. The molecule has 35 heavy (non-hydrogen) atoms. The number of ketones is 1. The molecule has 8 nitrogen and oxygen atoms in total. The van der Waals surface area contributed by atoms with E-state index < -0.39 is 23.3 Å². The van der Waals surface area contributed by atoms with Crippen LogP contribution in [-0.2, 0) is 12.7 Å². The highest BCUT2D eigenvalue weighted by Crippen LogP contribution is 2.30. The number of pyridine rings is 2. The lowest BCUT2D eigenvalue weighted by atomic mass is 9.98. The molecule has 4 rings (SSSR count). The first kappa shape index (κ1) is 23.8. The van der Waals surface area contributed by atoms with Crippen molar-refractivity contribution in [1.29, 1.82) is 0 Å². The zero-order chi connectivity index (χ0) is 25.3. The molecule has 0 spiro atoms. The van der Waals surface area contributed by atoms with E-state index in [1.165, 1.54) is 18.5 Å². The van der Waals surface area contributed by atoms with Gasteiger partial charge in [-0.05, 0) is 30.8 Å². The Labute approximate surface area is 195 Å². The van der Waals surface area contributed by atoms with Crippen LogP contribution in [0.25, 0.3) is 17.2 Å². The molecule has 180 valence electrons. The van der Waals surface area contributed by atoms with E-state index in [0.717, 1.165) is 18.5 Å². The number of aromatic nitrogens is 5. The molecule has 0 fully saturated rings. The van der Waals surface area contributed by atoms with E-state index >= 15 is 0 Å². The summed E-state index contributed by atoms with van der Waals surface area (Å²) in [5.74, 6) is -1.03. The van der Waals surface area contributed by atoms with Gasteiger partial charge in [-0.25, -0.2) is 14.4 Å². The van der Waals surface area contributed by atoms with Crippen molar-refractivity contribution in [2.45, 2.75) is 19.6 Å². The predicted molar refractivity (Wildman–Crippen MR) is 118 cm³/mol. The normalized spacial score (nSPS) is 11.9. The standard InChI is InChI=1S/C23H18F4N6O2/c1-12-6-28-9-16(24)20(12)21(35)15-8-29-18(11-34)14(15)3-4-33(2)10-19-31-17-5-13(23(25,26)27)7-30-22(17)32-19/h3-9,11,29H,10H2,1-2H3,(H,30,31,32)/b4-3-. The quantitative estimate of drug-likeness (QED) is 0.229. The Morgan fingerprint density at radius 2 is 2.00 bits per heavy atom. The van der Waals surface area contributed by atoms with E-state index in [0.29, 0.717) is 17.7 Å². The van der Waals surface area contributed by atoms with Gasteiger partial charge in [0.15, 0.2) is 23.5 Å². The summed E-state index contributed by atoms with van der Waals surface area (Å²) in [6.07, 6.45) is 3.43. The highest BCUT2D eigenvalue weighted by molar-refractivity contribution is 6.13. The van der Waals surface area contributed by atoms with Crippen LogP contribution in [0.2, 0.25) is 0 Å². The largest absolute Gasteiger partial charge is 0.417 e. The Kier molecular flexibility index (Phi) is 6.20. The molecular weight excluding hydrogens is 468 g/mol. The van der Waals surface area contributed by atoms with Crippen LogP contribution in [0.3, 0.4) is 0 Å². The molecule has 0 bridgehead atoms. The summed E-state index contributed by atoms with van der Waals surface area (Å²) in [7, 11) is 1.67. The Bertz CT molecular complexity index is 1430. The predicted octanol–water partition coefficient (Wildman–Crippen LogP) is 4.29. The van der Waals surface area contributed by atoms with Crippen LogP contribution in [0, 0.1) is 12.7 Å². The van der Waals surface area contributed by atoms with Gasteiger partial charge in [0.05, 0.1) is 35.1 Å². The van der Waals surface area contributed by atoms with E-state index in [9.17, 15) is 27.2 Å². The molecule has 0 aliphatic rings. The van der Waals surface area contributed by atoms with Crippen molar-refractivity contribution < 1.29 is 27.2 Å². The number of H-pyrrole nitrogens is 2. The Balaban J connectivity index is 1.58. The molecule has 4 aromatic rings. The van der Waals surface area contributed by atoms with E-state index in [1.54, 1.807) is 25.1 Å². The number of halogens is 4. The number of aldehydes is 1. The van der Waals surface area contributed by atoms with E-state index in [4.69, 9.17) is 0 Å². The van der Waals surface area contributed by atoms with Gasteiger partial charge in [0.1, 0.15) is 5.82 Å². The number of imidazole rings is 1. The summed E-state index contributed by atoms with van der Waals surface area (Å²) in [6.45, 7) is 1.72. The Hall–Kier alpha value is -4.35. The van der Waals surface area contributed by atoms with Crippen LogP contribution in [0.15, 0.2) is 37.1 Å². The molecule has 0 aliphatic carbocycles. The van der Waals surface area contributed by atoms with Gasteiger partial charge < -0.3 is 14.9 Å². The number of hydrogen-bond acceptors (Lipinski definition) is 6. The average molecular weight is 486 g/mol. The number of alkyl halides is 3. The second kappa shape index (κ2) is 9.12. The maximum atomic E-state index is 14.3. The number of rotatable bonds is 7. The molecule has 0 aromatic carbocycles. The molecule has 0 saturated carbocycles. The second-order valence-electron chi connectivity index (χ2n) is 7.80. The van der Waals surface area contributed by atoms with Crippen LogP contribution in [-0.4, -0.2) is 48.9 Å². The third-order valence-electron chi connectivity index (χ3n) is 5.24. The second-order valence-corrected chi connectivity index (χ2v) is 7.80. The highest BCUT2D eigenvalue weighted by Gasteiger charge is 2.31. The molecule has 0 radical (unpaired) electrons. The molecule has 4 aromatic heterocycles. The summed E-state index contributed by atoms with van der Waals surface area (Å²) in [6, 6.07) is 0.933. The van der Waals surface area contributed by atoms with Gasteiger partial charge in [-0.3, -0.25) is 14.6 Å². The fraction of sp³-hybridized carbons (Fsp3) is 0.174. The molecule has 2 N–H and O–H groups in total. The maximum Gasteiger partial charge on any atom is 0.417 e. The average Bonchev–Trinajstić information content (AvgIpc) is 3.39. The summed E-state index contributed by atoms with van der Waals surface area (Å²) in [5, 5.41) is 0. The molecule has 0 saturated heterocycles. The van der Waals surface area contributed by atoms with E-state index in [-0.39, 0.29) is 40.1 Å². The smallest absolute Gasteiger partial charge is 0.373 e. The van der Waals surface area contributed by atoms with Crippen LogP contribution in [0.5, 0.6) is 0 Å². The van der Waals surface area contributed by atoms with Gasteiger partial charge >= 0.3 is 6.18 Å². The molecule has 12 heteroatoms. The summed E-state index contributed by atoms with van der Waals surface area (Å²) < 4.78 is 53.0. The molecule has 0 amide bonds. The summed E-state index contributed by atoms with van der Waals surface area (Å²) in [5.41, 5.74) is 0.0744. The fourth-order valence-corrected chi connectivity index (χ4v) is 3.54.